The van der Waals surface area contributed by atoms with Crippen LogP contribution in [-0.2, 0) is 6.54 Å². The third-order valence-corrected chi connectivity index (χ3v) is 2.96. The van der Waals surface area contributed by atoms with Crippen molar-refractivity contribution in [3.63, 3.8) is 0 Å². The van der Waals surface area contributed by atoms with Crippen LogP contribution in [0.15, 0.2) is 12.1 Å². The SMILES string of the molecule is CC(C)(O)COc1c(Cl)cc(Cl)cc1CNC(C)(C)C. The zero-order valence-electron chi connectivity index (χ0n) is 12.7. The first-order valence-electron chi connectivity index (χ1n) is 6.56. The van der Waals surface area contributed by atoms with Gasteiger partial charge >= 0.3 is 0 Å². The van der Waals surface area contributed by atoms with E-state index in [1.54, 1.807) is 19.9 Å². The molecule has 0 heterocycles. The maximum Gasteiger partial charge on any atom is 0.142 e. The molecule has 0 spiro atoms. The Morgan fingerprint density at radius 2 is 1.75 bits per heavy atom. The van der Waals surface area contributed by atoms with Gasteiger partial charge in [0, 0.05) is 22.7 Å². The zero-order chi connectivity index (χ0) is 15.6. The van der Waals surface area contributed by atoms with Crippen molar-refractivity contribution in [1.82, 2.24) is 5.32 Å². The third kappa shape index (κ3) is 6.31. The lowest BCUT2D eigenvalue weighted by molar-refractivity contribution is 0.0281. The molecule has 0 atom stereocenters. The zero-order valence-corrected chi connectivity index (χ0v) is 14.2. The van der Waals surface area contributed by atoms with E-state index in [1.165, 1.54) is 0 Å². The summed E-state index contributed by atoms with van der Waals surface area (Å²) in [4.78, 5) is 0. The van der Waals surface area contributed by atoms with Gasteiger partial charge in [-0.1, -0.05) is 23.2 Å². The molecule has 0 saturated heterocycles. The highest BCUT2D eigenvalue weighted by Gasteiger charge is 2.18. The molecular formula is C15H23Cl2NO2. The molecule has 0 aliphatic carbocycles. The number of aliphatic hydroxyl groups is 1. The summed E-state index contributed by atoms with van der Waals surface area (Å²) in [5.41, 5.74) is -0.0679. The minimum Gasteiger partial charge on any atom is -0.489 e. The summed E-state index contributed by atoms with van der Waals surface area (Å²) in [5.74, 6) is 0.565. The van der Waals surface area contributed by atoms with Crippen molar-refractivity contribution in [3.05, 3.63) is 27.7 Å². The van der Waals surface area contributed by atoms with Gasteiger partial charge in [0.1, 0.15) is 12.4 Å². The highest BCUT2D eigenvalue weighted by atomic mass is 35.5. The molecular weight excluding hydrogens is 297 g/mol. The Kier molecular flexibility index (Phi) is 5.73. The molecule has 0 unspecified atom stereocenters. The highest BCUT2D eigenvalue weighted by Crippen LogP contribution is 2.33. The Balaban J connectivity index is 2.96. The molecule has 0 aromatic heterocycles. The van der Waals surface area contributed by atoms with Gasteiger partial charge in [0.25, 0.3) is 0 Å². The second-order valence-corrected chi connectivity index (χ2v) is 7.42. The van der Waals surface area contributed by atoms with Crippen molar-refractivity contribution in [2.75, 3.05) is 6.61 Å². The lowest BCUT2D eigenvalue weighted by atomic mass is 10.1. The average molecular weight is 320 g/mol. The van der Waals surface area contributed by atoms with E-state index in [0.29, 0.717) is 22.3 Å². The fourth-order valence-corrected chi connectivity index (χ4v) is 2.11. The molecule has 0 aliphatic rings. The van der Waals surface area contributed by atoms with Crippen molar-refractivity contribution in [2.24, 2.45) is 0 Å². The standard InChI is InChI=1S/C15H23Cl2NO2/c1-14(2,3)18-8-10-6-11(16)7-12(17)13(10)20-9-15(4,5)19/h6-7,18-19H,8-9H2,1-5H3. The number of hydrogen-bond donors (Lipinski definition) is 2. The van der Waals surface area contributed by atoms with Crippen LogP contribution >= 0.6 is 23.2 Å². The van der Waals surface area contributed by atoms with E-state index in [2.05, 4.69) is 26.1 Å². The summed E-state index contributed by atoms with van der Waals surface area (Å²) in [6.45, 7) is 10.4. The monoisotopic (exact) mass is 319 g/mol. The van der Waals surface area contributed by atoms with E-state index >= 15 is 0 Å². The quantitative estimate of drug-likeness (QED) is 0.860. The first kappa shape index (κ1) is 17.6. The largest absolute Gasteiger partial charge is 0.489 e. The Morgan fingerprint density at radius 3 is 2.25 bits per heavy atom. The van der Waals surface area contributed by atoms with Gasteiger partial charge in [-0.25, -0.2) is 0 Å². The molecule has 0 saturated carbocycles. The summed E-state index contributed by atoms with van der Waals surface area (Å²) in [6, 6.07) is 3.47. The van der Waals surface area contributed by atoms with Crippen LogP contribution in [0.1, 0.15) is 40.2 Å². The van der Waals surface area contributed by atoms with Gasteiger partial charge < -0.3 is 15.2 Å². The van der Waals surface area contributed by atoms with Crippen LogP contribution < -0.4 is 10.1 Å². The van der Waals surface area contributed by atoms with E-state index in [-0.39, 0.29) is 12.1 Å². The Morgan fingerprint density at radius 1 is 1.15 bits per heavy atom. The lowest BCUT2D eigenvalue weighted by Crippen LogP contribution is -2.35. The number of benzene rings is 1. The number of hydrogen-bond acceptors (Lipinski definition) is 3. The fourth-order valence-electron chi connectivity index (χ4n) is 1.52. The summed E-state index contributed by atoms with van der Waals surface area (Å²) in [7, 11) is 0. The van der Waals surface area contributed by atoms with E-state index in [4.69, 9.17) is 27.9 Å². The summed E-state index contributed by atoms with van der Waals surface area (Å²) in [5, 5.41) is 14.2. The maximum atomic E-state index is 9.76. The van der Waals surface area contributed by atoms with Gasteiger partial charge in [0.15, 0.2) is 0 Å². The molecule has 20 heavy (non-hydrogen) atoms. The van der Waals surface area contributed by atoms with Gasteiger partial charge in [-0.15, -0.1) is 0 Å². The van der Waals surface area contributed by atoms with Crippen molar-refractivity contribution in [3.8, 4) is 5.75 Å². The summed E-state index contributed by atoms with van der Waals surface area (Å²) >= 11 is 12.2. The highest BCUT2D eigenvalue weighted by molar-refractivity contribution is 6.35. The number of ether oxygens (including phenoxy) is 1. The lowest BCUT2D eigenvalue weighted by Gasteiger charge is -2.24. The van der Waals surface area contributed by atoms with Crippen LogP contribution in [0.3, 0.4) is 0 Å². The predicted octanol–water partition coefficient (Wildman–Crippen LogP) is 4.03. The second-order valence-electron chi connectivity index (χ2n) is 6.58. The molecule has 1 aromatic carbocycles. The Bertz CT molecular complexity index is 462. The number of halogens is 2. The minimum absolute atomic E-state index is 0.0255. The fraction of sp³-hybridized carbons (Fsp3) is 0.600. The normalized spacial score (nSPS) is 12.6. The van der Waals surface area contributed by atoms with E-state index < -0.39 is 5.60 Å². The first-order valence-corrected chi connectivity index (χ1v) is 7.32. The molecule has 1 rings (SSSR count). The van der Waals surface area contributed by atoms with Crippen LogP contribution in [0, 0.1) is 0 Å². The van der Waals surface area contributed by atoms with Gasteiger partial charge in [-0.3, -0.25) is 0 Å². The Hall–Kier alpha value is -0.480. The molecule has 2 N–H and O–H groups in total. The second kappa shape index (κ2) is 6.52. The van der Waals surface area contributed by atoms with Gasteiger partial charge in [-0.2, -0.15) is 0 Å². The van der Waals surface area contributed by atoms with Crippen LogP contribution in [0.5, 0.6) is 5.75 Å². The van der Waals surface area contributed by atoms with Crippen molar-refractivity contribution in [1.29, 1.82) is 0 Å². The summed E-state index contributed by atoms with van der Waals surface area (Å²) < 4.78 is 5.67. The van der Waals surface area contributed by atoms with Gasteiger partial charge in [-0.05, 0) is 46.8 Å². The molecule has 3 nitrogen and oxygen atoms in total. The molecule has 0 bridgehead atoms. The summed E-state index contributed by atoms with van der Waals surface area (Å²) in [6.07, 6.45) is 0. The average Bonchev–Trinajstić information content (AvgIpc) is 2.22. The molecule has 0 fully saturated rings. The number of rotatable bonds is 5. The molecule has 0 aliphatic heterocycles. The van der Waals surface area contributed by atoms with Crippen molar-refractivity contribution < 1.29 is 9.84 Å². The van der Waals surface area contributed by atoms with Crippen LogP contribution in [0.4, 0.5) is 0 Å². The molecule has 1 aromatic rings. The van der Waals surface area contributed by atoms with E-state index in [9.17, 15) is 5.11 Å². The van der Waals surface area contributed by atoms with Crippen LogP contribution in [0.25, 0.3) is 0 Å². The smallest absolute Gasteiger partial charge is 0.142 e. The van der Waals surface area contributed by atoms with E-state index in [0.717, 1.165) is 5.56 Å². The van der Waals surface area contributed by atoms with Crippen molar-refractivity contribution in [2.45, 2.75) is 52.3 Å². The van der Waals surface area contributed by atoms with Crippen LogP contribution in [0.2, 0.25) is 10.0 Å². The van der Waals surface area contributed by atoms with Gasteiger partial charge in [0.2, 0.25) is 0 Å². The Labute approximate surface area is 131 Å². The minimum atomic E-state index is -0.919. The topological polar surface area (TPSA) is 41.5 Å². The van der Waals surface area contributed by atoms with Crippen LogP contribution in [-0.4, -0.2) is 22.9 Å². The molecule has 0 amide bonds. The number of nitrogens with one attached hydrogen (secondary N) is 1. The van der Waals surface area contributed by atoms with Crippen molar-refractivity contribution >= 4 is 23.2 Å². The first-order chi connectivity index (χ1) is 8.98. The van der Waals surface area contributed by atoms with E-state index in [1.807, 2.05) is 6.07 Å². The third-order valence-electron chi connectivity index (χ3n) is 2.46. The molecule has 114 valence electrons. The van der Waals surface area contributed by atoms with Gasteiger partial charge in [0.05, 0.1) is 10.6 Å². The predicted molar refractivity (Wildman–Crippen MR) is 84.8 cm³/mol. The maximum absolute atomic E-state index is 9.76. The molecule has 5 heteroatoms. The molecule has 0 radical (unpaired) electrons.